The summed E-state index contributed by atoms with van der Waals surface area (Å²) in [5, 5.41) is 11.3. The summed E-state index contributed by atoms with van der Waals surface area (Å²) in [6.45, 7) is 6.53. The van der Waals surface area contributed by atoms with E-state index in [1.807, 2.05) is 17.9 Å². The Morgan fingerprint density at radius 2 is 1.86 bits per heavy atom. The number of likely N-dealkylation sites (tertiary alicyclic amines) is 1. The lowest BCUT2D eigenvalue weighted by molar-refractivity contribution is -0.192. The number of nitrogens with one attached hydrogen (secondary N) is 1. The number of halogens is 3. The van der Waals surface area contributed by atoms with Gasteiger partial charge in [0.2, 0.25) is 0 Å². The van der Waals surface area contributed by atoms with E-state index in [-0.39, 0.29) is 17.5 Å². The van der Waals surface area contributed by atoms with E-state index in [4.69, 9.17) is 14.6 Å². The largest absolute Gasteiger partial charge is 0.490 e. The number of nitrogens with zero attached hydrogens (tertiary/aromatic N) is 4. The Morgan fingerprint density at radius 3 is 2.43 bits per heavy atom. The van der Waals surface area contributed by atoms with E-state index in [0.717, 1.165) is 47.2 Å². The van der Waals surface area contributed by atoms with E-state index in [2.05, 4.69) is 77.7 Å². The van der Waals surface area contributed by atoms with Crippen LogP contribution in [0, 0.1) is 0 Å². The number of carbonyl (C=O) groups is 2. The molecule has 1 atom stereocenters. The minimum absolute atomic E-state index is 0.0455. The lowest BCUT2D eigenvalue weighted by atomic mass is 9.89. The summed E-state index contributed by atoms with van der Waals surface area (Å²) >= 11 is 0. The van der Waals surface area contributed by atoms with Gasteiger partial charge in [-0.05, 0) is 38.6 Å². The van der Waals surface area contributed by atoms with E-state index < -0.39 is 12.1 Å². The number of amides is 1. The van der Waals surface area contributed by atoms with Gasteiger partial charge in [0.25, 0.3) is 5.91 Å². The molecule has 3 aliphatic heterocycles. The minimum atomic E-state index is -5.08. The number of fused-ring (bicyclic) bond motifs is 3. The number of carboxylic acid groups (broad SMARTS) is 1. The molecule has 5 rings (SSSR count). The van der Waals surface area contributed by atoms with E-state index in [9.17, 15) is 18.0 Å². The van der Waals surface area contributed by atoms with Gasteiger partial charge < -0.3 is 24.5 Å². The highest BCUT2D eigenvalue weighted by Crippen LogP contribution is 2.45. The molecule has 3 heterocycles. The summed E-state index contributed by atoms with van der Waals surface area (Å²) < 4.78 is 37.8. The molecule has 0 spiro atoms. The van der Waals surface area contributed by atoms with Crippen LogP contribution in [0.2, 0.25) is 0 Å². The molecule has 12 heteroatoms. The first-order valence-electron chi connectivity index (χ1n) is 11.6. The quantitative estimate of drug-likeness (QED) is 0.643. The molecular formula is C25H28F3N5O4. The molecule has 2 N–H and O–H groups in total. The van der Waals surface area contributed by atoms with Gasteiger partial charge in [0.05, 0.1) is 11.2 Å². The van der Waals surface area contributed by atoms with Crippen molar-refractivity contribution < 1.29 is 32.6 Å². The fraction of sp³-hybridized carbons (Fsp3) is 0.400. The van der Waals surface area contributed by atoms with Gasteiger partial charge in [0, 0.05) is 31.4 Å². The van der Waals surface area contributed by atoms with Gasteiger partial charge in [0.15, 0.2) is 5.84 Å². The normalized spacial score (nSPS) is 20.1. The first kappa shape index (κ1) is 26.3. The van der Waals surface area contributed by atoms with Crippen LogP contribution in [0.3, 0.4) is 0 Å². The predicted octanol–water partition coefficient (Wildman–Crippen LogP) is 3.16. The number of carboxylic acids is 1. The molecule has 0 aromatic heterocycles. The molecule has 3 aliphatic rings. The zero-order valence-corrected chi connectivity index (χ0v) is 20.8. The number of alkyl halides is 3. The van der Waals surface area contributed by atoms with Crippen LogP contribution in [0.4, 0.5) is 24.5 Å². The van der Waals surface area contributed by atoms with Crippen molar-refractivity contribution in [2.45, 2.75) is 31.6 Å². The molecule has 0 unspecified atom stereocenters. The highest BCUT2D eigenvalue weighted by molar-refractivity contribution is 6.10. The van der Waals surface area contributed by atoms with E-state index in [1.165, 1.54) is 0 Å². The summed E-state index contributed by atoms with van der Waals surface area (Å²) in [5.41, 5.74) is 6.92. The second-order valence-corrected chi connectivity index (χ2v) is 9.57. The van der Waals surface area contributed by atoms with Crippen LogP contribution >= 0.6 is 0 Å². The van der Waals surface area contributed by atoms with Crippen molar-refractivity contribution in [2.75, 3.05) is 43.6 Å². The summed E-state index contributed by atoms with van der Waals surface area (Å²) in [6.07, 6.45) is -5.08. The Labute approximate surface area is 212 Å². The van der Waals surface area contributed by atoms with Crippen LogP contribution in [0.1, 0.15) is 13.8 Å². The standard InChI is InChI=1S/C23H27N5O2.C2HF3O2/c1-15-22(29)25-24-21-12-30-20-10-17(16-8-6-5-7-9-16)18(11-19(20)28(15)21)27(4)23(2)13-26(3)14-23;3-2(4,5)1(6)7/h5-11,15H,12-14H2,1-4H3,(H,25,29);(H,6,7)/t15-;/m1./s1. The summed E-state index contributed by atoms with van der Waals surface area (Å²) in [7, 11) is 4.30. The molecule has 0 saturated carbocycles. The highest BCUT2D eigenvalue weighted by Gasteiger charge is 2.42. The molecule has 1 saturated heterocycles. The van der Waals surface area contributed by atoms with Gasteiger partial charge in [-0.1, -0.05) is 30.3 Å². The maximum atomic E-state index is 12.3. The average molecular weight is 520 g/mol. The molecule has 2 aromatic carbocycles. The van der Waals surface area contributed by atoms with Crippen LogP contribution in [0.5, 0.6) is 5.75 Å². The Morgan fingerprint density at radius 1 is 1.24 bits per heavy atom. The topological polar surface area (TPSA) is 97.7 Å². The van der Waals surface area contributed by atoms with Gasteiger partial charge in [-0.15, -0.1) is 0 Å². The highest BCUT2D eigenvalue weighted by atomic mass is 19.4. The first-order chi connectivity index (χ1) is 17.3. The number of likely N-dealkylation sites (N-methyl/N-ethyl adjacent to an activating group) is 2. The third kappa shape index (κ3) is 5.06. The molecule has 1 fully saturated rings. The number of hydrazone groups is 1. The SMILES string of the molecule is C[C@@H]1C(=O)NN=C2COc3cc(-c4ccccc4)c(N(C)C4(C)CN(C)C4)cc3N21.O=C(O)C(F)(F)F. The number of hydrogen-bond acceptors (Lipinski definition) is 7. The molecule has 1 amide bonds. The molecule has 0 radical (unpaired) electrons. The number of amidine groups is 1. The molecule has 2 aromatic rings. The minimum Gasteiger partial charge on any atom is -0.483 e. The van der Waals surface area contributed by atoms with Crippen molar-refractivity contribution in [1.29, 1.82) is 0 Å². The molecule has 37 heavy (non-hydrogen) atoms. The number of anilines is 2. The Kier molecular flexibility index (Phi) is 6.80. The fourth-order valence-electron chi connectivity index (χ4n) is 4.81. The van der Waals surface area contributed by atoms with E-state index >= 15 is 0 Å². The molecule has 0 bridgehead atoms. The monoisotopic (exact) mass is 519 g/mol. The van der Waals surface area contributed by atoms with Crippen LogP contribution in [0.15, 0.2) is 47.6 Å². The second-order valence-electron chi connectivity index (χ2n) is 9.57. The zero-order valence-electron chi connectivity index (χ0n) is 20.8. The maximum absolute atomic E-state index is 12.3. The first-order valence-corrected chi connectivity index (χ1v) is 11.6. The van der Waals surface area contributed by atoms with Gasteiger partial charge in [-0.3, -0.25) is 4.79 Å². The number of ether oxygens (including phenoxy) is 1. The van der Waals surface area contributed by atoms with Crippen LogP contribution in [-0.4, -0.2) is 79.3 Å². The number of aliphatic carboxylic acids is 1. The van der Waals surface area contributed by atoms with Crippen molar-refractivity contribution >= 4 is 29.1 Å². The lowest BCUT2D eigenvalue weighted by Crippen LogP contribution is -2.66. The number of hydrogen-bond donors (Lipinski definition) is 2. The van der Waals surface area contributed by atoms with Gasteiger partial charge in [0.1, 0.15) is 18.4 Å². The van der Waals surface area contributed by atoms with Crippen LogP contribution in [0.25, 0.3) is 11.1 Å². The number of benzene rings is 2. The number of carbonyl (C=O) groups excluding carboxylic acids is 1. The predicted molar refractivity (Wildman–Crippen MR) is 133 cm³/mol. The Bertz CT molecular complexity index is 1230. The van der Waals surface area contributed by atoms with Crippen LogP contribution in [-0.2, 0) is 9.59 Å². The van der Waals surface area contributed by atoms with E-state index in [0.29, 0.717) is 6.61 Å². The smallest absolute Gasteiger partial charge is 0.483 e. The lowest BCUT2D eigenvalue weighted by Gasteiger charge is -2.53. The van der Waals surface area contributed by atoms with Crippen molar-refractivity contribution in [2.24, 2.45) is 5.10 Å². The van der Waals surface area contributed by atoms with Gasteiger partial charge in [-0.2, -0.15) is 18.3 Å². The van der Waals surface area contributed by atoms with Crippen molar-refractivity contribution in [1.82, 2.24) is 10.3 Å². The zero-order chi connectivity index (χ0) is 27.1. The van der Waals surface area contributed by atoms with Crippen molar-refractivity contribution in [3.05, 3.63) is 42.5 Å². The maximum Gasteiger partial charge on any atom is 0.490 e. The Hall–Kier alpha value is -3.80. The number of rotatable bonds is 3. The van der Waals surface area contributed by atoms with Crippen LogP contribution < -0.4 is 20.0 Å². The molecule has 198 valence electrons. The molecule has 9 nitrogen and oxygen atoms in total. The Balaban J connectivity index is 0.000000405. The summed E-state index contributed by atoms with van der Waals surface area (Å²) in [6, 6.07) is 14.3. The third-order valence-electron chi connectivity index (χ3n) is 6.75. The average Bonchev–Trinajstić information content (AvgIpc) is 2.84. The molecular weight excluding hydrogens is 491 g/mol. The summed E-state index contributed by atoms with van der Waals surface area (Å²) in [5.74, 6) is -1.36. The van der Waals surface area contributed by atoms with Crippen molar-refractivity contribution in [3.63, 3.8) is 0 Å². The second kappa shape index (κ2) is 9.58. The summed E-state index contributed by atoms with van der Waals surface area (Å²) in [4.78, 5) is 27.9. The fourth-order valence-corrected chi connectivity index (χ4v) is 4.81. The molecule has 0 aliphatic carbocycles. The van der Waals surface area contributed by atoms with E-state index in [1.54, 1.807) is 0 Å². The van der Waals surface area contributed by atoms with Gasteiger partial charge >= 0.3 is 12.1 Å². The van der Waals surface area contributed by atoms with Crippen molar-refractivity contribution in [3.8, 4) is 16.9 Å². The third-order valence-corrected chi connectivity index (χ3v) is 6.75. The van der Waals surface area contributed by atoms with Gasteiger partial charge in [-0.25, -0.2) is 10.2 Å².